The van der Waals surface area contributed by atoms with Crippen LogP contribution >= 0.6 is 11.6 Å². The Labute approximate surface area is 200 Å². The van der Waals surface area contributed by atoms with Gasteiger partial charge >= 0.3 is 5.97 Å². The minimum absolute atomic E-state index is 0.0387. The van der Waals surface area contributed by atoms with Crippen LogP contribution in [-0.2, 0) is 14.8 Å². The Balaban J connectivity index is 1.72. The molecule has 0 saturated carbocycles. The van der Waals surface area contributed by atoms with Crippen LogP contribution in [-0.4, -0.2) is 44.3 Å². The van der Waals surface area contributed by atoms with Crippen molar-refractivity contribution >= 4 is 39.2 Å². The normalized spacial score (nSPS) is 15.2. The second-order valence-corrected chi connectivity index (χ2v) is 10.6. The predicted molar refractivity (Wildman–Crippen MR) is 128 cm³/mol. The van der Waals surface area contributed by atoms with Gasteiger partial charge in [-0.05, 0) is 67.6 Å². The first kappa shape index (κ1) is 25.2. The molecule has 9 heteroatoms. The molecule has 2 aromatic rings. The van der Waals surface area contributed by atoms with E-state index in [1.54, 1.807) is 24.3 Å². The molecule has 1 aliphatic rings. The molecule has 0 spiro atoms. The molecule has 1 fully saturated rings. The highest BCUT2D eigenvalue weighted by Gasteiger charge is 2.29. The number of rotatable bonds is 8. The topological polar surface area (TPSA) is 92.8 Å². The molecular weight excluding hydrogens is 464 g/mol. The maximum absolute atomic E-state index is 13.0. The number of hydrogen-bond acceptors (Lipinski definition) is 5. The van der Waals surface area contributed by atoms with Crippen molar-refractivity contribution in [3.8, 4) is 0 Å². The molecule has 7 nitrogen and oxygen atoms in total. The lowest BCUT2D eigenvalue weighted by atomic mass is 10.0. The van der Waals surface area contributed by atoms with Crippen molar-refractivity contribution in [3.05, 3.63) is 58.6 Å². The molecule has 33 heavy (non-hydrogen) atoms. The van der Waals surface area contributed by atoms with Gasteiger partial charge in [-0.15, -0.1) is 0 Å². The average molecular weight is 493 g/mol. The van der Waals surface area contributed by atoms with Crippen molar-refractivity contribution < 1.29 is 22.7 Å². The number of anilines is 1. The first-order chi connectivity index (χ1) is 15.7. The highest BCUT2D eigenvalue weighted by Crippen LogP contribution is 2.27. The number of unbranched alkanes of at least 4 members (excludes halogenated alkanes) is 1. The first-order valence-corrected chi connectivity index (χ1v) is 12.9. The van der Waals surface area contributed by atoms with Gasteiger partial charge in [-0.3, -0.25) is 4.79 Å². The average Bonchev–Trinajstić information content (AvgIpc) is 2.80. The molecule has 1 amide bonds. The van der Waals surface area contributed by atoms with Gasteiger partial charge in [0.15, 0.2) is 0 Å². The van der Waals surface area contributed by atoms with Gasteiger partial charge < -0.3 is 10.1 Å². The standard InChI is InChI=1S/C24H29ClN2O5S/c1-3-4-15-32-24(29)18-5-7-19(8-6-18)26-23(28)21-16-20(9-10-22(21)25)33(30,31)27-13-11-17(2)12-14-27/h5-10,16-17H,3-4,11-15H2,1-2H3,(H,26,28). The van der Waals surface area contributed by atoms with Gasteiger partial charge in [0.1, 0.15) is 0 Å². The number of carbonyl (C=O) groups is 2. The van der Waals surface area contributed by atoms with E-state index in [1.807, 2.05) is 6.92 Å². The quantitative estimate of drug-likeness (QED) is 0.415. The van der Waals surface area contributed by atoms with E-state index in [2.05, 4.69) is 12.2 Å². The number of piperidine rings is 1. The fourth-order valence-electron chi connectivity index (χ4n) is 3.49. The van der Waals surface area contributed by atoms with E-state index in [4.69, 9.17) is 16.3 Å². The molecule has 0 atom stereocenters. The molecule has 1 heterocycles. The van der Waals surface area contributed by atoms with E-state index < -0.39 is 21.9 Å². The van der Waals surface area contributed by atoms with E-state index in [-0.39, 0.29) is 15.5 Å². The molecule has 178 valence electrons. The van der Waals surface area contributed by atoms with E-state index >= 15 is 0 Å². The lowest BCUT2D eigenvalue weighted by Crippen LogP contribution is -2.37. The summed E-state index contributed by atoms with van der Waals surface area (Å²) in [7, 11) is -3.71. The number of nitrogens with one attached hydrogen (secondary N) is 1. The number of esters is 1. The third kappa shape index (κ3) is 6.34. The van der Waals surface area contributed by atoms with Gasteiger partial charge in [0, 0.05) is 18.8 Å². The Hall–Kier alpha value is -2.42. The number of nitrogens with zero attached hydrogens (tertiary/aromatic N) is 1. The molecule has 2 aromatic carbocycles. The van der Waals surface area contributed by atoms with Crippen LogP contribution < -0.4 is 5.32 Å². The largest absolute Gasteiger partial charge is 0.462 e. The summed E-state index contributed by atoms with van der Waals surface area (Å²) in [6.07, 6.45) is 3.34. The van der Waals surface area contributed by atoms with Crippen molar-refractivity contribution in [3.63, 3.8) is 0 Å². The fraction of sp³-hybridized carbons (Fsp3) is 0.417. The number of amides is 1. The zero-order chi connectivity index (χ0) is 24.0. The van der Waals surface area contributed by atoms with Crippen molar-refractivity contribution in [1.29, 1.82) is 0 Å². The highest BCUT2D eigenvalue weighted by atomic mass is 35.5. The second-order valence-electron chi connectivity index (χ2n) is 8.25. The number of sulfonamides is 1. The zero-order valence-corrected chi connectivity index (χ0v) is 20.4. The summed E-state index contributed by atoms with van der Waals surface area (Å²) in [5, 5.41) is 2.85. The minimum atomic E-state index is -3.71. The molecule has 1 N–H and O–H groups in total. The summed E-state index contributed by atoms with van der Waals surface area (Å²) >= 11 is 6.21. The Kier molecular flexibility index (Phi) is 8.51. The van der Waals surface area contributed by atoms with Crippen LogP contribution in [0.5, 0.6) is 0 Å². The second kappa shape index (κ2) is 11.1. The van der Waals surface area contributed by atoms with Crippen molar-refractivity contribution in [2.24, 2.45) is 5.92 Å². The molecular formula is C24H29ClN2O5S. The molecule has 0 aliphatic carbocycles. The minimum Gasteiger partial charge on any atom is -0.462 e. The first-order valence-electron chi connectivity index (χ1n) is 11.1. The third-order valence-corrected chi connectivity index (χ3v) is 7.90. The number of benzene rings is 2. The number of halogens is 1. The van der Waals surface area contributed by atoms with Crippen LogP contribution in [0.25, 0.3) is 0 Å². The SMILES string of the molecule is CCCCOC(=O)c1ccc(NC(=O)c2cc(S(=O)(=O)N3CCC(C)CC3)ccc2Cl)cc1. The predicted octanol–water partition coefficient (Wildman–Crippen LogP) is 4.97. The lowest BCUT2D eigenvalue weighted by Gasteiger charge is -2.29. The monoisotopic (exact) mass is 492 g/mol. The highest BCUT2D eigenvalue weighted by molar-refractivity contribution is 7.89. The number of carbonyl (C=O) groups excluding carboxylic acids is 2. The summed E-state index contributed by atoms with van der Waals surface area (Å²) in [4.78, 5) is 24.9. The van der Waals surface area contributed by atoms with Gasteiger partial charge in [-0.25, -0.2) is 13.2 Å². The summed E-state index contributed by atoms with van der Waals surface area (Å²) in [5.74, 6) is -0.468. The summed E-state index contributed by atoms with van der Waals surface area (Å²) < 4.78 is 32.7. The van der Waals surface area contributed by atoms with E-state index in [0.717, 1.165) is 25.7 Å². The molecule has 1 saturated heterocycles. The Bertz CT molecular complexity index is 1090. The summed E-state index contributed by atoms with van der Waals surface area (Å²) in [6, 6.07) is 10.4. The Morgan fingerprint density at radius 3 is 2.42 bits per heavy atom. The van der Waals surface area contributed by atoms with Gasteiger partial charge in [0.05, 0.1) is 27.7 Å². The van der Waals surface area contributed by atoms with E-state index in [9.17, 15) is 18.0 Å². The zero-order valence-electron chi connectivity index (χ0n) is 18.8. The van der Waals surface area contributed by atoms with Crippen molar-refractivity contribution in [2.45, 2.75) is 44.4 Å². The molecule has 0 radical (unpaired) electrons. The van der Waals surface area contributed by atoms with Crippen LogP contribution in [0.2, 0.25) is 5.02 Å². The van der Waals surface area contributed by atoms with Crippen molar-refractivity contribution in [2.75, 3.05) is 25.0 Å². The Morgan fingerprint density at radius 2 is 1.79 bits per heavy atom. The Morgan fingerprint density at radius 1 is 1.12 bits per heavy atom. The van der Waals surface area contributed by atoms with Crippen LogP contribution in [0.15, 0.2) is 47.4 Å². The lowest BCUT2D eigenvalue weighted by molar-refractivity contribution is 0.0499. The van der Waals surface area contributed by atoms with E-state index in [0.29, 0.717) is 36.9 Å². The fourth-order valence-corrected chi connectivity index (χ4v) is 5.19. The van der Waals surface area contributed by atoms with Crippen molar-refractivity contribution in [1.82, 2.24) is 4.31 Å². The third-order valence-electron chi connectivity index (χ3n) is 5.67. The van der Waals surface area contributed by atoms with Crippen LogP contribution in [0.3, 0.4) is 0 Å². The maximum Gasteiger partial charge on any atom is 0.338 e. The molecule has 0 aromatic heterocycles. The molecule has 0 bridgehead atoms. The molecule has 1 aliphatic heterocycles. The smallest absolute Gasteiger partial charge is 0.338 e. The summed E-state index contributed by atoms with van der Waals surface area (Å²) in [5.41, 5.74) is 0.886. The van der Waals surface area contributed by atoms with E-state index in [1.165, 1.54) is 22.5 Å². The van der Waals surface area contributed by atoms with Gasteiger partial charge in [-0.1, -0.05) is 31.9 Å². The van der Waals surface area contributed by atoms with Gasteiger partial charge in [0.25, 0.3) is 5.91 Å². The van der Waals surface area contributed by atoms with Gasteiger partial charge in [-0.2, -0.15) is 4.31 Å². The van der Waals surface area contributed by atoms with Gasteiger partial charge in [0.2, 0.25) is 10.0 Å². The van der Waals surface area contributed by atoms with Crippen LogP contribution in [0.4, 0.5) is 5.69 Å². The maximum atomic E-state index is 13.0. The molecule has 0 unspecified atom stereocenters. The van der Waals surface area contributed by atoms with Crippen LogP contribution in [0.1, 0.15) is 60.2 Å². The summed E-state index contributed by atoms with van der Waals surface area (Å²) in [6.45, 7) is 5.40. The van der Waals surface area contributed by atoms with Crippen LogP contribution in [0, 0.1) is 5.92 Å². The molecule has 3 rings (SSSR count). The number of ether oxygens (including phenoxy) is 1. The number of hydrogen-bond donors (Lipinski definition) is 1.